The van der Waals surface area contributed by atoms with Crippen LogP contribution in [0.1, 0.15) is 24.8 Å². The predicted octanol–water partition coefficient (Wildman–Crippen LogP) is 3.46. The van der Waals surface area contributed by atoms with E-state index in [1.165, 1.54) is 6.07 Å². The van der Waals surface area contributed by atoms with Crippen LogP contribution >= 0.6 is 24.0 Å². The second-order valence-corrected chi connectivity index (χ2v) is 7.80. The lowest BCUT2D eigenvalue weighted by atomic mass is 9.96. The zero-order chi connectivity index (χ0) is 21.0. The van der Waals surface area contributed by atoms with Gasteiger partial charge < -0.3 is 20.3 Å². The van der Waals surface area contributed by atoms with Gasteiger partial charge in [-0.05, 0) is 49.1 Å². The number of carbonyl (C=O) groups excluding carboxylic acids is 1. The molecule has 0 unspecified atom stereocenters. The van der Waals surface area contributed by atoms with Gasteiger partial charge in [0.05, 0.1) is 5.69 Å². The fourth-order valence-electron chi connectivity index (χ4n) is 3.85. The van der Waals surface area contributed by atoms with E-state index in [4.69, 9.17) is 4.74 Å². The normalized spacial score (nSPS) is 16.6. The average molecular weight is 538 g/mol. The largest absolute Gasteiger partial charge is 0.482 e. The molecule has 1 aliphatic heterocycles. The van der Waals surface area contributed by atoms with Crippen molar-refractivity contribution in [2.24, 2.45) is 4.99 Å². The van der Waals surface area contributed by atoms with Gasteiger partial charge in [-0.3, -0.25) is 9.79 Å². The fraction of sp³-hybridized carbons (Fsp3) is 0.391. The standard InChI is InChI=1S/C23H27FN4O2.HI/c1-25-22(27-16-23(10-11-23)17-6-4-7-18(24)14-17)26-12-5-13-28-19-8-2-3-9-20(19)30-15-21(28)29;/h2-4,6-9,14H,5,10-13,15-16H2,1H3,(H2,25,26,27);1H. The maximum absolute atomic E-state index is 13.6. The Kier molecular flexibility index (Phi) is 7.74. The maximum Gasteiger partial charge on any atom is 0.265 e. The molecular formula is C23H28FIN4O2. The van der Waals surface area contributed by atoms with E-state index >= 15 is 0 Å². The van der Waals surface area contributed by atoms with Crippen LogP contribution in [0.5, 0.6) is 5.75 Å². The molecule has 0 radical (unpaired) electrons. The Balaban J connectivity index is 0.00000272. The lowest BCUT2D eigenvalue weighted by molar-refractivity contribution is -0.121. The van der Waals surface area contributed by atoms with Crippen molar-refractivity contribution in [2.75, 3.05) is 38.2 Å². The summed E-state index contributed by atoms with van der Waals surface area (Å²) in [5, 5.41) is 6.68. The molecule has 1 saturated carbocycles. The smallest absolute Gasteiger partial charge is 0.265 e. The van der Waals surface area contributed by atoms with E-state index in [2.05, 4.69) is 15.6 Å². The summed E-state index contributed by atoms with van der Waals surface area (Å²) in [5.41, 5.74) is 1.85. The monoisotopic (exact) mass is 538 g/mol. The molecule has 0 atom stereocenters. The van der Waals surface area contributed by atoms with Crippen molar-refractivity contribution >= 4 is 41.5 Å². The number of halogens is 2. The molecule has 0 aromatic heterocycles. The van der Waals surface area contributed by atoms with Gasteiger partial charge in [0.15, 0.2) is 12.6 Å². The van der Waals surface area contributed by atoms with Gasteiger partial charge in [-0.1, -0.05) is 24.3 Å². The van der Waals surface area contributed by atoms with Gasteiger partial charge in [-0.15, -0.1) is 24.0 Å². The third kappa shape index (κ3) is 5.47. The van der Waals surface area contributed by atoms with Crippen molar-refractivity contribution in [1.29, 1.82) is 0 Å². The molecule has 2 aliphatic rings. The first-order chi connectivity index (χ1) is 14.6. The number of ether oxygens (including phenoxy) is 1. The molecule has 8 heteroatoms. The highest BCUT2D eigenvalue weighted by atomic mass is 127. The van der Waals surface area contributed by atoms with Crippen LogP contribution in [0.4, 0.5) is 10.1 Å². The molecule has 2 N–H and O–H groups in total. The van der Waals surface area contributed by atoms with Crippen molar-refractivity contribution in [3.63, 3.8) is 0 Å². The van der Waals surface area contributed by atoms with Crippen molar-refractivity contribution in [1.82, 2.24) is 10.6 Å². The number of carbonyl (C=O) groups is 1. The van der Waals surface area contributed by atoms with Crippen molar-refractivity contribution in [2.45, 2.75) is 24.7 Å². The van der Waals surface area contributed by atoms with Crippen LogP contribution < -0.4 is 20.3 Å². The number of benzene rings is 2. The van der Waals surface area contributed by atoms with Crippen LogP contribution in [0.15, 0.2) is 53.5 Å². The Bertz CT molecular complexity index is 949. The highest BCUT2D eigenvalue weighted by Gasteiger charge is 2.44. The number of hydrogen-bond acceptors (Lipinski definition) is 3. The SMILES string of the molecule is CN=C(NCCCN1C(=O)COc2ccccc21)NCC1(c2cccc(F)c2)CC1.I. The van der Waals surface area contributed by atoms with Crippen LogP contribution in [0.25, 0.3) is 0 Å². The zero-order valence-electron chi connectivity index (χ0n) is 17.6. The van der Waals surface area contributed by atoms with E-state index in [1.807, 2.05) is 30.3 Å². The Hall–Kier alpha value is -2.36. The molecule has 2 aromatic rings. The Morgan fingerprint density at radius 1 is 1.19 bits per heavy atom. The van der Waals surface area contributed by atoms with Gasteiger partial charge >= 0.3 is 0 Å². The van der Waals surface area contributed by atoms with E-state index in [1.54, 1.807) is 24.1 Å². The molecule has 1 fully saturated rings. The quantitative estimate of drug-likeness (QED) is 0.246. The summed E-state index contributed by atoms with van der Waals surface area (Å²) in [7, 11) is 1.73. The number of anilines is 1. The van der Waals surface area contributed by atoms with Crippen LogP contribution in [-0.4, -0.2) is 45.2 Å². The van der Waals surface area contributed by atoms with Crippen molar-refractivity contribution in [3.8, 4) is 5.75 Å². The predicted molar refractivity (Wildman–Crippen MR) is 131 cm³/mol. The maximum atomic E-state index is 13.6. The number of nitrogens with zero attached hydrogens (tertiary/aromatic N) is 2. The summed E-state index contributed by atoms with van der Waals surface area (Å²) in [5.74, 6) is 1.24. The van der Waals surface area contributed by atoms with Gasteiger partial charge in [0, 0.05) is 32.1 Å². The molecule has 0 saturated heterocycles. The van der Waals surface area contributed by atoms with Gasteiger partial charge in [0.1, 0.15) is 11.6 Å². The molecule has 31 heavy (non-hydrogen) atoms. The molecule has 1 aliphatic carbocycles. The summed E-state index contributed by atoms with van der Waals surface area (Å²) in [6, 6.07) is 14.5. The lowest BCUT2D eigenvalue weighted by Gasteiger charge is -2.29. The molecule has 2 aromatic carbocycles. The first-order valence-electron chi connectivity index (χ1n) is 10.3. The molecule has 1 amide bonds. The van der Waals surface area contributed by atoms with Crippen LogP contribution in [0.3, 0.4) is 0 Å². The molecule has 4 rings (SSSR count). The van der Waals surface area contributed by atoms with E-state index in [0.29, 0.717) is 25.6 Å². The fourth-order valence-corrected chi connectivity index (χ4v) is 3.85. The third-order valence-corrected chi connectivity index (χ3v) is 5.77. The zero-order valence-corrected chi connectivity index (χ0v) is 19.9. The van der Waals surface area contributed by atoms with Crippen LogP contribution in [-0.2, 0) is 10.2 Å². The molecule has 0 spiro atoms. The first kappa shape index (κ1) is 23.3. The molecule has 0 bridgehead atoms. The number of amides is 1. The van der Waals surface area contributed by atoms with Gasteiger partial charge in [-0.25, -0.2) is 4.39 Å². The molecule has 1 heterocycles. The topological polar surface area (TPSA) is 66.0 Å². The van der Waals surface area contributed by atoms with E-state index in [0.717, 1.165) is 36.3 Å². The number of fused-ring (bicyclic) bond motifs is 1. The minimum absolute atomic E-state index is 0. The third-order valence-electron chi connectivity index (χ3n) is 5.77. The minimum Gasteiger partial charge on any atom is -0.482 e. The van der Waals surface area contributed by atoms with Crippen LogP contribution in [0, 0.1) is 5.82 Å². The summed E-state index contributed by atoms with van der Waals surface area (Å²) in [6.07, 6.45) is 2.85. The number of rotatable bonds is 7. The number of aliphatic imine (C=N–C) groups is 1. The van der Waals surface area contributed by atoms with Gasteiger partial charge in [0.2, 0.25) is 0 Å². The number of nitrogens with one attached hydrogen (secondary N) is 2. The molecular weight excluding hydrogens is 510 g/mol. The van der Waals surface area contributed by atoms with E-state index in [-0.39, 0.29) is 47.7 Å². The van der Waals surface area contributed by atoms with Crippen molar-refractivity contribution < 1.29 is 13.9 Å². The Morgan fingerprint density at radius 2 is 2.00 bits per heavy atom. The summed E-state index contributed by atoms with van der Waals surface area (Å²) in [6.45, 7) is 2.08. The second-order valence-electron chi connectivity index (χ2n) is 7.80. The first-order valence-corrected chi connectivity index (χ1v) is 10.3. The molecule has 6 nitrogen and oxygen atoms in total. The highest BCUT2D eigenvalue weighted by Crippen LogP contribution is 2.47. The van der Waals surface area contributed by atoms with Gasteiger partial charge in [-0.2, -0.15) is 0 Å². The summed E-state index contributed by atoms with van der Waals surface area (Å²) < 4.78 is 19.1. The summed E-state index contributed by atoms with van der Waals surface area (Å²) in [4.78, 5) is 18.3. The Morgan fingerprint density at radius 3 is 2.74 bits per heavy atom. The van der Waals surface area contributed by atoms with Crippen molar-refractivity contribution in [3.05, 3.63) is 59.9 Å². The number of guanidine groups is 1. The highest BCUT2D eigenvalue weighted by molar-refractivity contribution is 14.0. The van der Waals surface area contributed by atoms with E-state index < -0.39 is 0 Å². The van der Waals surface area contributed by atoms with Crippen LogP contribution in [0.2, 0.25) is 0 Å². The molecule has 166 valence electrons. The summed E-state index contributed by atoms with van der Waals surface area (Å²) >= 11 is 0. The lowest BCUT2D eigenvalue weighted by Crippen LogP contribution is -2.43. The minimum atomic E-state index is -0.194. The average Bonchev–Trinajstić information content (AvgIpc) is 3.56. The van der Waals surface area contributed by atoms with E-state index in [9.17, 15) is 9.18 Å². The Labute approximate surface area is 199 Å². The van der Waals surface area contributed by atoms with Gasteiger partial charge in [0.25, 0.3) is 5.91 Å². The second kappa shape index (κ2) is 10.3. The number of para-hydroxylation sites is 2. The number of hydrogen-bond donors (Lipinski definition) is 2.